The highest BCUT2D eigenvalue weighted by molar-refractivity contribution is 5.00. The van der Waals surface area contributed by atoms with E-state index in [2.05, 4.69) is 16.7 Å². The molecule has 1 aliphatic rings. The Morgan fingerprint density at radius 1 is 1.62 bits per heavy atom. The van der Waals surface area contributed by atoms with Gasteiger partial charge in [-0.3, -0.25) is 5.32 Å². The van der Waals surface area contributed by atoms with E-state index in [1.165, 1.54) is 0 Å². The van der Waals surface area contributed by atoms with Crippen LogP contribution in [0.4, 0.5) is 0 Å². The highest BCUT2D eigenvalue weighted by Crippen LogP contribution is 1.86. The lowest BCUT2D eigenvalue weighted by Crippen LogP contribution is -2.43. The van der Waals surface area contributed by atoms with Gasteiger partial charge in [-0.15, -0.1) is 0 Å². The molecule has 0 aromatic carbocycles. The molecule has 0 saturated carbocycles. The van der Waals surface area contributed by atoms with Crippen LogP contribution in [0.5, 0.6) is 0 Å². The van der Waals surface area contributed by atoms with Gasteiger partial charge in [0.2, 0.25) is 0 Å². The average Bonchev–Trinajstić information content (AvgIpc) is 1.90. The van der Waals surface area contributed by atoms with Crippen LogP contribution in [0.3, 0.4) is 0 Å². The van der Waals surface area contributed by atoms with Crippen LogP contribution in [-0.4, -0.2) is 19.1 Å². The number of hydrogen-bond donors (Lipinski definition) is 2. The fourth-order valence-corrected chi connectivity index (χ4v) is 0.643. The molecule has 1 heterocycles. The van der Waals surface area contributed by atoms with Crippen LogP contribution < -0.4 is 10.6 Å². The lowest BCUT2D eigenvalue weighted by molar-refractivity contribution is 0.535. The molecule has 43 valence electrons. The molecule has 1 aliphatic heterocycles. The predicted octanol–water partition coefficient (Wildman–Crippen LogP) is -0.767. The van der Waals surface area contributed by atoms with Crippen molar-refractivity contribution in [1.29, 1.82) is 5.26 Å². The molecule has 1 fully saturated rings. The van der Waals surface area contributed by atoms with Crippen molar-refractivity contribution in [2.45, 2.75) is 6.04 Å². The lowest BCUT2D eigenvalue weighted by Gasteiger charge is -2.16. The van der Waals surface area contributed by atoms with Gasteiger partial charge in [0.15, 0.2) is 0 Å². The molecule has 0 bridgehead atoms. The number of hydrogen-bond acceptors (Lipinski definition) is 3. The summed E-state index contributed by atoms with van der Waals surface area (Å²) in [5.41, 5.74) is 0. The van der Waals surface area contributed by atoms with Crippen molar-refractivity contribution in [2.75, 3.05) is 13.1 Å². The van der Waals surface area contributed by atoms with Crippen molar-refractivity contribution >= 4 is 0 Å². The lowest BCUT2D eigenvalue weighted by atomic mass is 10.3. The predicted molar refractivity (Wildman–Crippen MR) is 29.7 cm³/mol. The van der Waals surface area contributed by atoms with Gasteiger partial charge in [-0.25, -0.2) is 0 Å². The molecule has 0 amide bonds. The Morgan fingerprint density at radius 2 is 2.50 bits per heavy atom. The molecule has 0 spiro atoms. The molecule has 0 aromatic rings. The molecular formula is C5H8N3. The first-order valence-corrected chi connectivity index (χ1v) is 2.63. The first-order valence-electron chi connectivity index (χ1n) is 2.63. The molecule has 0 aromatic heterocycles. The molecule has 0 aliphatic carbocycles. The van der Waals surface area contributed by atoms with Crippen LogP contribution in [0.25, 0.3) is 0 Å². The third kappa shape index (κ3) is 1.19. The Labute approximate surface area is 48.7 Å². The van der Waals surface area contributed by atoms with Gasteiger partial charge in [0.1, 0.15) is 6.04 Å². The molecule has 1 radical (unpaired) electrons. The first kappa shape index (κ1) is 5.54. The van der Waals surface area contributed by atoms with Crippen LogP contribution in [0.15, 0.2) is 0 Å². The van der Waals surface area contributed by atoms with E-state index in [1.54, 1.807) is 6.54 Å². The Hall–Kier alpha value is -0.590. The second-order valence-electron chi connectivity index (χ2n) is 1.68. The Morgan fingerprint density at radius 3 is 2.88 bits per heavy atom. The second-order valence-corrected chi connectivity index (χ2v) is 1.68. The Bertz CT molecular complexity index is 98.7. The van der Waals surface area contributed by atoms with E-state index >= 15 is 0 Å². The maximum Gasteiger partial charge on any atom is 0.112 e. The molecule has 3 heteroatoms. The number of rotatable bonds is 0. The highest BCUT2D eigenvalue weighted by atomic mass is 15.0. The van der Waals surface area contributed by atoms with Crippen LogP contribution in [0.1, 0.15) is 0 Å². The van der Waals surface area contributed by atoms with Gasteiger partial charge in [-0.05, 0) is 0 Å². The minimum atomic E-state index is -0.0938. The van der Waals surface area contributed by atoms with Crippen LogP contribution in [0, 0.1) is 17.9 Å². The van der Waals surface area contributed by atoms with E-state index in [-0.39, 0.29) is 6.04 Å². The number of nitrogens with one attached hydrogen (secondary N) is 2. The van der Waals surface area contributed by atoms with E-state index in [9.17, 15) is 0 Å². The zero-order chi connectivity index (χ0) is 5.82. The fraction of sp³-hybridized carbons (Fsp3) is 0.600. The van der Waals surface area contributed by atoms with Gasteiger partial charge >= 0.3 is 0 Å². The summed E-state index contributed by atoms with van der Waals surface area (Å²) in [7, 11) is 0. The molecular weight excluding hydrogens is 102 g/mol. The van der Waals surface area contributed by atoms with Gasteiger partial charge in [-0.1, -0.05) is 0 Å². The van der Waals surface area contributed by atoms with E-state index in [1.807, 2.05) is 0 Å². The van der Waals surface area contributed by atoms with Crippen LogP contribution in [0.2, 0.25) is 0 Å². The van der Waals surface area contributed by atoms with Crippen molar-refractivity contribution in [3.05, 3.63) is 6.54 Å². The van der Waals surface area contributed by atoms with Crippen molar-refractivity contribution < 1.29 is 0 Å². The average molecular weight is 110 g/mol. The van der Waals surface area contributed by atoms with Crippen molar-refractivity contribution in [3.8, 4) is 6.07 Å². The standard InChI is InChI=1S/C5H8N3/c6-3-5-4-7-1-2-8-5/h4-5,7-8H,1-2H2. The molecule has 1 rings (SSSR count). The Balaban J connectivity index is 2.25. The molecule has 8 heavy (non-hydrogen) atoms. The largest absolute Gasteiger partial charge is 0.309 e. The molecule has 3 nitrogen and oxygen atoms in total. The van der Waals surface area contributed by atoms with Crippen LogP contribution in [-0.2, 0) is 0 Å². The SMILES string of the molecule is N#CC1[CH]NCCN1. The third-order valence-corrected chi connectivity index (χ3v) is 1.06. The summed E-state index contributed by atoms with van der Waals surface area (Å²) in [6, 6.07) is 1.98. The zero-order valence-corrected chi connectivity index (χ0v) is 4.52. The summed E-state index contributed by atoms with van der Waals surface area (Å²) < 4.78 is 0. The first-order chi connectivity index (χ1) is 3.93. The van der Waals surface area contributed by atoms with Gasteiger partial charge in [0.05, 0.1) is 12.6 Å². The number of nitrogens with zero attached hydrogens (tertiary/aromatic N) is 1. The van der Waals surface area contributed by atoms with Gasteiger partial charge in [0, 0.05) is 13.1 Å². The highest BCUT2D eigenvalue weighted by Gasteiger charge is 2.09. The van der Waals surface area contributed by atoms with Crippen molar-refractivity contribution in [2.24, 2.45) is 0 Å². The number of nitriles is 1. The summed E-state index contributed by atoms with van der Waals surface area (Å²) in [6.07, 6.45) is 0. The molecule has 1 unspecified atom stereocenters. The summed E-state index contributed by atoms with van der Waals surface area (Å²) >= 11 is 0. The molecule has 2 N–H and O–H groups in total. The monoisotopic (exact) mass is 110 g/mol. The van der Waals surface area contributed by atoms with Crippen molar-refractivity contribution in [1.82, 2.24) is 10.6 Å². The minimum Gasteiger partial charge on any atom is -0.309 e. The van der Waals surface area contributed by atoms with Gasteiger partial charge in [0.25, 0.3) is 0 Å². The molecule has 1 atom stereocenters. The quantitative estimate of drug-likeness (QED) is 0.430. The number of piperazine rings is 1. The summed E-state index contributed by atoms with van der Waals surface area (Å²) in [4.78, 5) is 0. The second kappa shape index (κ2) is 2.65. The third-order valence-electron chi connectivity index (χ3n) is 1.06. The maximum atomic E-state index is 8.31. The van der Waals surface area contributed by atoms with E-state index in [0.29, 0.717) is 0 Å². The topological polar surface area (TPSA) is 47.9 Å². The van der Waals surface area contributed by atoms with E-state index in [4.69, 9.17) is 5.26 Å². The maximum absolute atomic E-state index is 8.31. The summed E-state index contributed by atoms with van der Waals surface area (Å²) in [5, 5.41) is 14.3. The van der Waals surface area contributed by atoms with Gasteiger partial charge < -0.3 is 5.32 Å². The van der Waals surface area contributed by atoms with Crippen LogP contribution >= 0.6 is 0 Å². The summed E-state index contributed by atoms with van der Waals surface area (Å²) in [6.45, 7) is 3.58. The smallest absolute Gasteiger partial charge is 0.112 e. The van der Waals surface area contributed by atoms with E-state index < -0.39 is 0 Å². The molecule has 1 saturated heterocycles. The minimum absolute atomic E-state index is 0.0938. The van der Waals surface area contributed by atoms with E-state index in [0.717, 1.165) is 13.1 Å². The zero-order valence-electron chi connectivity index (χ0n) is 4.52. The summed E-state index contributed by atoms with van der Waals surface area (Å²) in [5.74, 6) is 0. The normalized spacial score (nSPS) is 29.1. The fourth-order valence-electron chi connectivity index (χ4n) is 0.643. The van der Waals surface area contributed by atoms with Gasteiger partial charge in [-0.2, -0.15) is 5.26 Å². The Kier molecular flexibility index (Phi) is 1.84. The van der Waals surface area contributed by atoms with Crippen molar-refractivity contribution in [3.63, 3.8) is 0 Å².